The van der Waals surface area contributed by atoms with Gasteiger partial charge in [0, 0.05) is 16.8 Å². The van der Waals surface area contributed by atoms with Crippen molar-refractivity contribution in [2.75, 3.05) is 5.32 Å². The van der Waals surface area contributed by atoms with E-state index in [1.54, 1.807) is 6.92 Å². The van der Waals surface area contributed by atoms with Crippen LogP contribution in [0.3, 0.4) is 0 Å². The lowest BCUT2D eigenvalue weighted by Gasteiger charge is -2.26. The van der Waals surface area contributed by atoms with Gasteiger partial charge in [-0.2, -0.15) is 18.4 Å². The summed E-state index contributed by atoms with van der Waals surface area (Å²) in [4.78, 5) is 17.0. The van der Waals surface area contributed by atoms with E-state index in [1.807, 2.05) is 32.9 Å². The summed E-state index contributed by atoms with van der Waals surface area (Å²) in [6.07, 6.45) is 2.06. The van der Waals surface area contributed by atoms with Gasteiger partial charge in [-0.05, 0) is 55.9 Å². The number of halogens is 3. The number of pyridine rings is 1. The summed E-state index contributed by atoms with van der Waals surface area (Å²) in [7, 11) is 0. The predicted octanol–water partition coefficient (Wildman–Crippen LogP) is 7.54. The zero-order chi connectivity index (χ0) is 24.6. The number of carbonyl (C=O) groups is 1. The van der Waals surface area contributed by atoms with E-state index in [9.17, 15) is 18.0 Å². The predicted molar refractivity (Wildman–Crippen MR) is 125 cm³/mol. The third kappa shape index (κ3) is 6.44. The van der Waals surface area contributed by atoms with Crippen LogP contribution in [-0.2, 0) is 6.18 Å². The molecule has 1 aromatic heterocycles. The van der Waals surface area contributed by atoms with Gasteiger partial charge in [-0.3, -0.25) is 9.78 Å². The van der Waals surface area contributed by atoms with Crippen LogP contribution in [0.1, 0.15) is 85.6 Å². The molecule has 2 aromatic rings. The third-order valence-corrected chi connectivity index (χ3v) is 5.48. The van der Waals surface area contributed by atoms with E-state index in [2.05, 4.69) is 10.3 Å². The van der Waals surface area contributed by atoms with Crippen molar-refractivity contribution in [2.24, 2.45) is 5.92 Å². The molecule has 33 heavy (non-hydrogen) atoms. The lowest BCUT2D eigenvalue weighted by molar-refractivity contribution is -0.137. The molecular weight excluding hydrogens is 427 g/mol. The maximum Gasteiger partial charge on any atom is 0.419 e. The quantitative estimate of drug-likeness (QED) is 0.423. The van der Waals surface area contributed by atoms with Crippen LogP contribution in [0.5, 0.6) is 0 Å². The number of aromatic nitrogens is 1. The molecule has 7 heteroatoms. The Morgan fingerprint density at radius 2 is 1.88 bits per heavy atom. The Labute approximate surface area is 193 Å². The third-order valence-electron chi connectivity index (χ3n) is 5.48. The Morgan fingerprint density at radius 3 is 2.42 bits per heavy atom. The molecule has 0 aliphatic carbocycles. The molecule has 0 aliphatic rings. The summed E-state index contributed by atoms with van der Waals surface area (Å²) in [6, 6.07) is 7.75. The van der Waals surface area contributed by atoms with E-state index in [-0.39, 0.29) is 34.0 Å². The number of carbonyl (C=O) groups excluding carboxylic acids is 1. The molecule has 0 saturated heterocycles. The van der Waals surface area contributed by atoms with Gasteiger partial charge in [0.25, 0.3) is 5.91 Å². The van der Waals surface area contributed by atoms with E-state index in [1.165, 1.54) is 24.3 Å². The van der Waals surface area contributed by atoms with Crippen molar-refractivity contribution in [3.63, 3.8) is 0 Å². The largest absolute Gasteiger partial charge is 0.419 e. The first-order valence-corrected chi connectivity index (χ1v) is 11.3. The smallest absolute Gasteiger partial charge is 0.320 e. The lowest BCUT2D eigenvalue weighted by Crippen LogP contribution is -2.21. The topological polar surface area (TPSA) is 65.8 Å². The van der Waals surface area contributed by atoms with Crippen molar-refractivity contribution in [1.82, 2.24) is 4.98 Å². The van der Waals surface area contributed by atoms with Gasteiger partial charge in [-0.1, -0.05) is 45.8 Å². The summed E-state index contributed by atoms with van der Waals surface area (Å²) < 4.78 is 43.3. The second kappa shape index (κ2) is 11.6. The number of aryl methyl sites for hydroxylation is 1. The molecule has 0 fully saturated rings. The minimum Gasteiger partial charge on any atom is -0.320 e. The molecule has 0 unspecified atom stereocenters. The average Bonchev–Trinajstić information content (AvgIpc) is 2.77. The van der Waals surface area contributed by atoms with Gasteiger partial charge < -0.3 is 5.32 Å². The summed E-state index contributed by atoms with van der Waals surface area (Å²) in [5, 5.41) is 11.4. The van der Waals surface area contributed by atoms with Crippen molar-refractivity contribution >= 4 is 17.2 Å². The zero-order valence-corrected chi connectivity index (χ0v) is 19.5. The second-order valence-electron chi connectivity index (χ2n) is 7.99. The Morgan fingerprint density at radius 1 is 1.21 bits per heavy atom. The minimum absolute atomic E-state index is 0.0280. The molecule has 2 rings (SSSR count). The molecule has 1 N–H and O–H groups in total. The summed E-state index contributed by atoms with van der Waals surface area (Å²) in [6.45, 7) is 7.52. The molecule has 0 radical (unpaired) electrons. The standard InChI is InChI=1S/C26H30F3N3O/c1-5-9-19(10-6-2)21(11-7-3)23-17(4)31-16-22(24(23)26(27,28)29)32-25(33)20-13-8-12-18(14-20)15-30/h8,11-14,16,19H,5-7,9-10H2,1-4H3,(H,32,33)/b21-11-. The fraction of sp³-hybridized carbons (Fsp3) is 0.423. The number of nitrogens with zero attached hydrogens (tertiary/aromatic N) is 2. The molecule has 176 valence electrons. The molecule has 1 amide bonds. The van der Waals surface area contributed by atoms with E-state index in [0.29, 0.717) is 12.0 Å². The van der Waals surface area contributed by atoms with Crippen LogP contribution >= 0.6 is 0 Å². The zero-order valence-electron chi connectivity index (χ0n) is 19.5. The van der Waals surface area contributed by atoms with Crippen molar-refractivity contribution in [2.45, 2.75) is 66.0 Å². The first-order valence-electron chi connectivity index (χ1n) is 11.3. The molecule has 0 aliphatic heterocycles. The van der Waals surface area contributed by atoms with Gasteiger partial charge in [-0.15, -0.1) is 0 Å². The number of allylic oxidation sites excluding steroid dienone is 2. The highest BCUT2D eigenvalue weighted by molar-refractivity contribution is 6.05. The molecule has 1 heterocycles. The van der Waals surface area contributed by atoms with Crippen LogP contribution in [-0.4, -0.2) is 10.9 Å². The first kappa shape index (κ1) is 26.1. The molecule has 1 aromatic carbocycles. The molecule has 0 spiro atoms. The van der Waals surface area contributed by atoms with E-state index >= 15 is 0 Å². The van der Waals surface area contributed by atoms with Gasteiger partial charge in [0.2, 0.25) is 0 Å². The number of anilines is 1. The Kier molecular flexibility index (Phi) is 9.22. The van der Waals surface area contributed by atoms with E-state index < -0.39 is 17.6 Å². The minimum atomic E-state index is -4.70. The van der Waals surface area contributed by atoms with Crippen molar-refractivity contribution in [3.05, 3.63) is 64.5 Å². The van der Waals surface area contributed by atoms with E-state index in [4.69, 9.17) is 5.26 Å². The van der Waals surface area contributed by atoms with Gasteiger partial charge in [0.1, 0.15) is 0 Å². The van der Waals surface area contributed by atoms with Crippen LogP contribution in [0.2, 0.25) is 0 Å². The van der Waals surface area contributed by atoms with Crippen LogP contribution in [0.15, 0.2) is 36.5 Å². The van der Waals surface area contributed by atoms with Crippen LogP contribution in [0, 0.1) is 24.2 Å². The number of nitriles is 1. The number of nitrogens with one attached hydrogen (secondary N) is 1. The molecule has 0 bridgehead atoms. The Balaban J connectivity index is 2.67. The average molecular weight is 458 g/mol. The second-order valence-corrected chi connectivity index (χ2v) is 7.99. The SMILES string of the molecule is CC/C=C(\c1c(C)ncc(NC(=O)c2cccc(C#N)c2)c1C(F)(F)F)C(CCC)CCC. The maximum absolute atomic E-state index is 14.4. The summed E-state index contributed by atoms with van der Waals surface area (Å²) in [5.74, 6) is -0.756. The molecule has 0 atom stereocenters. The highest BCUT2D eigenvalue weighted by Crippen LogP contribution is 2.44. The summed E-state index contributed by atoms with van der Waals surface area (Å²) in [5.41, 5.74) is 0.0607. The van der Waals surface area contributed by atoms with E-state index in [0.717, 1.165) is 31.9 Å². The number of hydrogen-bond acceptors (Lipinski definition) is 3. The number of alkyl halides is 3. The number of rotatable bonds is 9. The lowest BCUT2D eigenvalue weighted by atomic mass is 9.82. The fourth-order valence-electron chi connectivity index (χ4n) is 4.12. The molecular formula is C26H30F3N3O. The van der Waals surface area contributed by atoms with Gasteiger partial charge in [0.05, 0.1) is 29.1 Å². The Bertz CT molecular complexity index is 1050. The van der Waals surface area contributed by atoms with Crippen LogP contribution in [0.25, 0.3) is 5.57 Å². The maximum atomic E-state index is 14.4. The number of benzene rings is 1. The van der Waals surface area contributed by atoms with Crippen LogP contribution in [0.4, 0.5) is 18.9 Å². The monoisotopic (exact) mass is 457 g/mol. The van der Waals surface area contributed by atoms with Crippen molar-refractivity contribution < 1.29 is 18.0 Å². The Hall–Kier alpha value is -3.14. The van der Waals surface area contributed by atoms with Gasteiger partial charge >= 0.3 is 6.18 Å². The highest BCUT2D eigenvalue weighted by atomic mass is 19.4. The number of hydrogen-bond donors (Lipinski definition) is 1. The fourth-order valence-corrected chi connectivity index (χ4v) is 4.12. The molecule has 0 saturated carbocycles. The molecule has 4 nitrogen and oxygen atoms in total. The number of amides is 1. The van der Waals surface area contributed by atoms with Crippen LogP contribution < -0.4 is 5.32 Å². The van der Waals surface area contributed by atoms with Gasteiger partial charge in [-0.25, -0.2) is 0 Å². The summed E-state index contributed by atoms with van der Waals surface area (Å²) >= 11 is 0. The highest BCUT2D eigenvalue weighted by Gasteiger charge is 2.39. The normalized spacial score (nSPS) is 12.0. The first-order chi connectivity index (χ1) is 15.7. The van der Waals surface area contributed by atoms with Gasteiger partial charge in [0.15, 0.2) is 0 Å². The van der Waals surface area contributed by atoms with Crippen molar-refractivity contribution in [1.29, 1.82) is 5.26 Å². The van der Waals surface area contributed by atoms with Crippen molar-refractivity contribution in [3.8, 4) is 6.07 Å².